The minimum atomic E-state index is -0.836. The predicted molar refractivity (Wildman–Crippen MR) is 94.7 cm³/mol. The van der Waals surface area contributed by atoms with Gasteiger partial charge in [0, 0.05) is 22.8 Å². The SMILES string of the molecule is CC(C)CCn1c(CCC(=O)O)ccc1C(=O)c1ccc(Cl)cc1. The average molecular weight is 348 g/mol. The summed E-state index contributed by atoms with van der Waals surface area (Å²) in [5.74, 6) is -0.410. The van der Waals surface area contributed by atoms with Crippen LogP contribution in [-0.2, 0) is 17.8 Å². The fourth-order valence-electron chi connectivity index (χ4n) is 2.56. The number of nitrogens with zero attached hydrogens (tertiary/aromatic N) is 1. The van der Waals surface area contributed by atoms with Crippen LogP contribution in [0.5, 0.6) is 0 Å². The Morgan fingerprint density at radius 3 is 2.38 bits per heavy atom. The summed E-state index contributed by atoms with van der Waals surface area (Å²) in [6.45, 7) is 4.95. The smallest absolute Gasteiger partial charge is 0.303 e. The molecule has 128 valence electrons. The van der Waals surface area contributed by atoms with Crippen molar-refractivity contribution in [2.24, 2.45) is 5.92 Å². The highest BCUT2D eigenvalue weighted by Crippen LogP contribution is 2.19. The van der Waals surface area contributed by atoms with E-state index in [1.54, 1.807) is 30.3 Å². The Balaban J connectivity index is 2.31. The number of hydrogen-bond acceptors (Lipinski definition) is 2. The van der Waals surface area contributed by atoms with E-state index in [1.165, 1.54) is 0 Å². The van der Waals surface area contributed by atoms with Crippen molar-refractivity contribution in [3.05, 3.63) is 58.4 Å². The molecule has 0 saturated carbocycles. The van der Waals surface area contributed by atoms with E-state index in [1.807, 2.05) is 10.6 Å². The maximum absolute atomic E-state index is 12.8. The second kappa shape index (κ2) is 8.15. The number of benzene rings is 1. The summed E-state index contributed by atoms with van der Waals surface area (Å²) in [7, 11) is 0. The van der Waals surface area contributed by atoms with Crippen molar-refractivity contribution in [1.82, 2.24) is 4.57 Å². The van der Waals surface area contributed by atoms with E-state index in [4.69, 9.17) is 16.7 Å². The Morgan fingerprint density at radius 1 is 1.12 bits per heavy atom. The van der Waals surface area contributed by atoms with Crippen molar-refractivity contribution in [3.63, 3.8) is 0 Å². The van der Waals surface area contributed by atoms with Gasteiger partial charge in [0.25, 0.3) is 0 Å². The van der Waals surface area contributed by atoms with Crippen molar-refractivity contribution in [1.29, 1.82) is 0 Å². The zero-order valence-electron chi connectivity index (χ0n) is 14.0. The predicted octanol–water partition coefficient (Wildman–Crippen LogP) is 4.44. The van der Waals surface area contributed by atoms with Crippen LogP contribution in [0.3, 0.4) is 0 Å². The molecule has 0 bridgehead atoms. The number of rotatable bonds is 8. The molecule has 1 aromatic carbocycles. The van der Waals surface area contributed by atoms with Crippen LogP contribution >= 0.6 is 11.6 Å². The molecule has 2 rings (SSSR count). The lowest BCUT2D eigenvalue weighted by atomic mass is 10.1. The summed E-state index contributed by atoms with van der Waals surface area (Å²) >= 11 is 5.88. The highest BCUT2D eigenvalue weighted by atomic mass is 35.5. The molecule has 1 N–H and O–H groups in total. The van der Waals surface area contributed by atoms with E-state index in [0.29, 0.717) is 35.2 Å². The Hall–Kier alpha value is -2.07. The van der Waals surface area contributed by atoms with E-state index in [-0.39, 0.29) is 12.2 Å². The molecule has 4 nitrogen and oxygen atoms in total. The van der Waals surface area contributed by atoms with Crippen LogP contribution in [0.25, 0.3) is 0 Å². The van der Waals surface area contributed by atoms with Crippen LogP contribution in [0.15, 0.2) is 36.4 Å². The summed E-state index contributed by atoms with van der Waals surface area (Å²) in [6, 6.07) is 10.5. The van der Waals surface area contributed by atoms with Gasteiger partial charge in [-0.25, -0.2) is 0 Å². The zero-order valence-corrected chi connectivity index (χ0v) is 14.7. The first-order valence-corrected chi connectivity index (χ1v) is 8.46. The van der Waals surface area contributed by atoms with Crippen molar-refractivity contribution >= 4 is 23.4 Å². The van der Waals surface area contributed by atoms with Gasteiger partial charge in [-0.05, 0) is 55.2 Å². The van der Waals surface area contributed by atoms with Crippen LogP contribution < -0.4 is 0 Å². The molecule has 1 heterocycles. The molecule has 0 radical (unpaired) electrons. The van der Waals surface area contributed by atoms with Gasteiger partial charge in [0.1, 0.15) is 0 Å². The largest absolute Gasteiger partial charge is 0.481 e. The minimum Gasteiger partial charge on any atom is -0.481 e. The summed E-state index contributed by atoms with van der Waals surface area (Å²) < 4.78 is 1.96. The molecule has 1 aromatic heterocycles. The van der Waals surface area contributed by atoms with Crippen LogP contribution in [-0.4, -0.2) is 21.4 Å². The number of carbonyl (C=O) groups is 2. The highest BCUT2D eigenvalue weighted by Gasteiger charge is 2.17. The van der Waals surface area contributed by atoms with Crippen molar-refractivity contribution in [3.8, 4) is 0 Å². The maximum atomic E-state index is 12.8. The van der Waals surface area contributed by atoms with Gasteiger partial charge in [-0.2, -0.15) is 0 Å². The Labute approximate surface area is 147 Å². The molecule has 24 heavy (non-hydrogen) atoms. The highest BCUT2D eigenvalue weighted by molar-refractivity contribution is 6.30. The van der Waals surface area contributed by atoms with Gasteiger partial charge < -0.3 is 9.67 Å². The van der Waals surface area contributed by atoms with Gasteiger partial charge in [-0.1, -0.05) is 25.4 Å². The van der Waals surface area contributed by atoms with Crippen molar-refractivity contribution < 1.29 is 14.7 Å². The van der Waals surface area contributed by atoms with E-state index < -0.39 is 5.97 Å². The maximum Gasteiger partial charge on any atom is 0.303 e. The summed E-state index contributed by atoms with van der Waals surface area (Å²) in [4.78, 5) is 23.6. The van der Waals surface area contributed by atoms with Gasteiger partial charge in [0.15, 0.2) is 0 Å². The molecule has 0 saturated heterocycles. The Morgan fingerprint density at radius 2 is 1.79 bits per heavy atom. The average Bonchev–Trinajstić information content (AvgIpc) is 2.93. The quantitative estimate of drug-likeness (QED) is 0.718. The number of hydrogen-bond donors (Lipinski definition) is 1. The third-order valence-corrected chi connectivity index (χ3v) is 4.19. The third kappa shape index (κ3) is 4.71. The molecule has 0 aliphatic rings. The van der Waals surface area contributed by atoms with Crippen molar-refractivity contribution in [2.45, 2.75) is 39.7 Å². The number of carbonyl (C=O) groups excluding carboxylic acids is 1. The number of ketones is 1. The fraction of sp³-hybridized carbons (Fsp3) is 0.368. The standard InChI is InChI=1S/C19H22ClNO3/c1-13(2)11-12-21-16(8-10-18(22)23)7-9-17(21)19(24)14-3-5-15(20)6-4-14/h3-7,9,13H,8,10-12H2,1-2H3,(H,22,23). The molecule has 2 aromatic rings. The van der Waals surface area contributed by atoms with Crippen LogP contribution in [0.2, 0.25) is 5.02 Å². The minimum absolute atomic E-state index is 0.0558. The van der Waals surface area contributed by atoms with Gasteiger partial charge in [-0.15, -0.1) is 0 Å². The van der Waals surface area contributed by atoms with Crippen LogP contribution in [0.1, 0.15) is 48.4 Å². The second-order valence-electron chi connectivity index (χ2n) is 6.27. The lowest BCUT2D eigenvalue weighted by Crippen LogP contribution is -2.14. The first-order valence-electron chi connectivity index (χ1n) is 8.09. The lowest BCUT2D eigenvalue weighted by Gasteiger charge is -2.14. The Kier molecular flexibility index (Phi) is 6.21. The Bertz CT molecular complexity index is 717. The number of aromatic nitrogens is 1. The number of carboxylic acids is 1. The first kappa shape index (κ1) is 18.3. The fourth-order valence-corrected chi connectivity index (χ4v) is 2.69. The van der Waals surface area contributed by atoms with E-state index in [9.17, 15) is 9.59 Å². The number of aliphatic carboxylic acids is 1. The lowest BCUT2D eigenvalue weighted by molar-refractivity contribution is -0.136. The summed E-state index contributed by atoms with van der Waals surface area (Å²) in [5, 5.41) is 9.50. The third-order valence-electron chi connectivity index (χ3n) is 3.94. The first-order chi connectivity index (χ1) is 11.4. The molecule has 0 amide bonds. The summed E-state index contributed by atoms with van der Waals surface area (Å²) in [6.07, 6.45) is 1.40. The van der Waals surface area contributed by atoms with E-state index in [2.05, 4.69) is 13.8 Å². The van der Waals surface area contributed by atoms with Gasteiger partial charge >= 0.3 is 5.97 Å². The molecule has 0 unspecified atom stereocenters. The van der Waals surface area contributed by atoms with Crippen LogP contribution in [0.4, 0.5) is 0 Å². The van der Waals surface area contributed by atoms with Crippen molar-refractivity contribution in [2.75, 3.05) is 0 Å². The van der Waals surface area contributed by atoms with E-state index in [0.717, 1.165) is 12.1 Å². The van der Waals surface area contributed by atoms with E-state index >= 15 is 0 Å². The monoisotopic (exact) mass is 347 g/mol. The molecular formula is C19H22ClNO3. The number of halogens is 1. The van der Waals surface area contributed by atoms with Gasteiger partial charge in [-0.3, -0.25) is 9.59 Å². The topological polar surface area (TPSA) is 59.3 Å². The molecule has 0 fully saturated rings. The molecule has 0 atom stereocenters. The molecular weight excluding hydrogens is 326 g/mol. The second-order valence-corrected chi connectivity index (χ2v) is 6.71. The molecule has 0 aliphatic carbocycles. The molecule has 0 spiro atoms. The van der Waals surface area contributed by atoms with Gasteiger partial charge in [0.2, 0.25) is 5.78 Å². The van der Waals surface area contributed by atoms with Crippen LogP contribution in [0, 0.1) is 5.92 Å². The molecule has 5 heteroatoms. The molecule has 0 aliphatic heterocycles. The zero-order chi connectivity index (χ0) is 17.7. The normalized spacial score (nSPS) is 11.0. The number of carboxylic acid groups (broad SMARTS) is 1. The van der Waals surface area contributed by atoms with Gasteiger partial charge in [0.05, 0.1) is 12.1 Å². The number of aryl methyl sites for hydroxylation is 1. The summed E-state index contributed by atoms with van der Waals surface area (Å²) in [5.41, 5.74) is 2.06.